The summed E-state index contributed by atoms with van der Waals surface area (Å²) in [7, 11) is 1.62. The molecule has 2 aromatic carbocycles. The van der Waals surface area contributed by atoms with Crippen LogP contribution in [0.4, 0.5) is 10.2 Å². The number of halogens is 1. The van der Waals surface area contributed by atoms with Gasteiger partial charge >= 0.3 is 0 Å². The summed E-state index contributed by atoms with van der Waals surface area (Å²) in [6, 6.07) is 17.1. The van der Waals surface area contributed by atoms with Crippen LogP contribution in [0.1, 0.15) is 18.2 Å². The third-order valence-electron chi connectivity index (χ3n) is 5.33. The van der Waals surface area contributed by atoms with Crippen LogP contribution in [0.15, 0.2) is 66.9 Å². The molecular formula is C26H26FN3O4. The van der Waals surface area contributed by atoms with Crippen LogP contribution < -0.4 is 19.1 Å². The lowest BCUT2D eigenvalue weighted by atomic mass is 10.2. The number of aryl methyl sites for hydroxylation is 1. The van der Waals surface area contributed by atoms with Crippen molar-refractivity contribution in [3.05, 3.63) is 83.9 Å². The van der Waals surface area contributed by atoms with E-state index >= 15 is 0 Å². The number of pyridine rings is 1. The summed E-state index contributed by atoms with van der Waals surface area (Å²) in [6.07, 6.45) is 3.33. The van der Waals surface area contributed by atoms with E-state index in [1.54, 1.807) is 24.1 Å². The number of hydrogen-bond acceptors (Lipinski definition) is 5. The Kier molecular flexibility index (Phi) is 7.27. The minimum Gasteiger partial charge on any atom is -0.497 e. The highest BCUT2D eigenvalue weighted by atomic mass is 19.1. The quantitative estimate of drug-likeness (QED) is 0.239. The van der Waals surface area contributed by atoms with Gasteiger partial charge in [0.2, 0.25) is 6.41 Å². The highest BCUT2D eigenvalue weighted by molar-refractivity contribution is 5.77. The van der Waals surface area contributed by atoms with E-state index in [1.807, 2.05) is 53.9 Å². The van der Waals surface area contributed by atoms with Crippen LogP contribution in [-0.4, -0.2) is 36.1 Å². The highest BCUT2D eigenvalue weighted by Gasteiger charge is 2.20. The van der Waals surface area contributed by atoms with Gasteiger partial charge in [-0.1, -0.05) is 19.1 Å². The maximum atomic E-state index is 13.0. The number of aromatic nitrogens is 2. The SMILES string of the molecule is CCc1nc2c(OCCOc3ccc(F)cc3)cccn2c1N(C=O)Cc1ccc(OC)cc1. The van der Waals surface area contributed by atoms with Crippen molar-refractivity contribution in [3.63, 3.8) is 0 Å². The van der Waals surface area contributed by atoms with Crippen molar-refractivity contribution in [2.24, 2.45) is 0 Å². The topological polar surface area (TPSA) is 65.3 Å². The van der Waals surface area contributed by atoms with E-state index in [0.29, 0.717) is 42.5 Å². The van der Waals surface area contributed by atoms with Crippen molar-refractivity contribution < 1.29 is 23.4 Å². The van der Waals surface area contributed by atoms with Crippen LogP contribution in [0.2, 0.25) is 0 Å². The molecule has 7 nitrogen and oxygen atoms in total. The first-order valence-corrected chi connectivity index (χ1v) is 11.0. The maximum absolute atomic E-state index is 13.0. The second-order valence-corrected chi connectivity index (χ2v) is 7.53. The predicted molar refractivity (Wildman–Crippen MR) is 127 cm³/mol. The molecule has 4 aromatic rings. The van der Waals surface area contributed by atoms with Crippen LogP contribution in [-0.2, 0) is 17.8 Å². The zero-order chi connectivity index (χ0) is 23.9. The number of fused-ring (bicyclic) bond motifs is 1. The summed E-state index contributed by atoms with van der Waals surface area (Å²) in [5.41, 5.74) is 2.38. The van der Waals surface area contributed by atoms with E-state index in [0.717, 1.165) is 23.4 Å². The van der Waals surface area contributed by atoms with Gasteiger partial charge in [0.15, 0.2) is 11.4 Å². The molecule has 2 aromatic heterocycles. The minimum absolute atomic E-state index is 0.282. The summed E-state index contributed by atoms with van der Waals surface area (Å²) in [6.45, 7) is 2.96. The van der Waals surface area contributed by atoms with Gasteiger partial charge in [0, 0.05) is 6.20 Å². The lowest BCUT2D eigenvalue weighted by molar-refractivity contribution is -0.107. The number of amides is 1. The number of carbonyl (C=O) groups is 1. The van der Waals surface area contributed by atoms with Gasteiger partial charge in [-0.3, -0.25) is 14.1 Å². The fourth-order valence-corrected chi connectivity index (χ4v) is 3.66. The molecule has 0 aliphatic heterocycles. The van der Waals surface area contributed by atoms with Crippen LogP contribution >= 0.6 is 0 Å². The summed E-state index contributed by atoms with van der Waals surface area (Å²) in [5, 5.41) is 0. The maximum Gasteiger partial charge on any atom is 0.215 e. The molecule has 1 amide bonds. The van der Waals surface area contributed by atoms with Gasteiger partial charge in [-0.2, -0.15) is 0 Å². The molecule has 0 saturated heterocycles. The zero-order valence-electron chi connectivity index (χ0n) is 19.1. The molecule has 0 bridgehead atoms. The summed E-state index contributed by atoms with van der Waals surface area (Å²) in [5.74, 6) is 2.31. The molecule has 0 fully saturated rings. The number of ether oxygens (including phenoxy) is 3. The summed E-state index contributed by atoms with van der Waals surface area (Å²) in [4.78, 5) is 18.5. The summed E-state index contributed by atoms with van der Waals surface area (Å²) >= 11 is 0. The third-order valence-corrected chi connectivity index (χ3v) is 5.33. The number of imidazole rings is 1. The predicted octanol–water partition coefficient (Wildman–Crippen LogP) is 4.67. The molecule has 0 radical (unpaired) electrons. The van der Waals surface area contributed by atoms with Crippen molar-refractivity contribution in [1.29, 1.82) is 0 Å². The van der Waals surface area contributed by atoms with Gasteiger partial charge < -0.3 is 14.2 Å². The first kappa shape index (κ1) is 23.1. The lowest BCUT2D eigenvalue weighted by Gasteiger charge is -2.19. The second kappa shape index (κ2) is 10.7. The Bertz CT molecular complexity index is 1240. The average molecular weight is 464 g/mol. The van der Waals surface area contributed by atoms with Gasteiger partial charge in [0.05, 0.1) is 19.3 Å². The highest BCUT2D eigenvalue weighted by Crippen LogP contribution is 2.29. The molecule has 34 heavy (non-hydrogen) atoms. The Hall–Kier alpha value is -4.07. The molecule has 0 aliphatic carbocycles. The molecule has 2 heterocycles. The summed E-state index contributed by atoms with van der Waals surface area (Å²) < 4.78 is 31.6. The third kappa shape index (κ3) is 5.11. The van der Waals surface area contributed by atoms with Gasteiger partial charge in [-0.25, -0.2) is 9.37 Å². The molecule has 4 rings (SSSR count). The number of anilines is 1. The normalized spacial score (nSPS) is 10.8. The van der Waals surface area contributed by atoms with Gasteiger partial charge in [-0.15, -0.1) is 0 Å². The fourth-order valence-electron chi connectivity index (χ4n) is 3.66. The molecule has 0 aliphatic rings. The zero-order valence-corrected chi connectivity index (χ0v) is 19.1. The number of nitrogens with zero attached hydrogens (tertiary/aromatic N) is 3. The van der Waals surface area contributed by atoms with Crippen LogP contribution in [0.25, 0.3) is 5.65 Å². The molecule has 0 saturated carbocycles. The molecule has 8 heteroatoms. The van der Waals surface area contributed by atoms with Gasteiger partial charge in [-0.05, 0) is 60.5 Å². The van der Waals surface area contributed by atoms with Crippen LogP contribution in [0.3, 0.4) is 0 Å². The first-order valence-electron chi connectivity index (χ1n) is 11.0. The Morgan fingerprint density at radius 3 is 2.38 bits per heavy atom. The molecular weight excluding hydrogens is 437 g/mol. The molecule has 0 N–H and O–H groups in total. The van der Waals surface area contributed by atoms with Crippen LogP contribution in [0, 0.1) is 5.82 Å². The Labute approximate surface area is 197 Å². The van der Waals surface area contributed by atoms with E-state index in [9.17, 15) is 9.18 Å². The lowest BCUT2D eigenvalue weighted by Crippen LogP contribution is -2.23. The van der Waals surface area contributed by atoms with Crippen molar-refractivity contribution in [2.45, 2.75) is 19.9 Å². The number of hydrogen-bond donors (Lipinski definition) is 0. The Morgan fingerprint density at radius 2 is 1.71 bits per heavy atom. The van der Waals surface area contributed by atoms with E-state index in [-0.39, 0.29) is 12.4 Å². The number of benzene rings is 2. The standard InChI is InChI=1S/C26H26FN3O4/c1-3-23-26(29(18-31)17-19-6-10-21(32-2)11-7-19)30-14-4-5-24(25(30)28-23)34-16-15-33-22-12-8-20(27)9-13-22/h4-14,18H,3,15-17H2,1-2H3. The van der Waals surface area contributed by atoms with Gasteiger partial charge in [0.1, 0.15) is 36.3 Å². The Balaban J connectivity index is 1.52. The minimum atomic E-state index is -0.312. The van der Waals surface area contributed by atoms with E-state index < -0.39 is 0 Å². The van der Waals surface area contributed by atoms with Gasteiger partial charge in [0.25, 0.3) is 0 Å². The van der Waals surface area contributed by atoms with Crippen molar-refractivity contribution in [3.8, 4) is 17.2 Å². The fraction of sp³-hybridized carbons (Fsp3) is 0.231. The van der Waals surface area contributed by atoms with Crippen molar-refractivity contribution >= 4 is 17.9 Å². The second-order valence-electron chi connectivity index (χ2n) is 7.53. The molecule has 176 valence electrons. The smallest absolute Gasteiger partial charge is 0.215 e. The van der Waals surface area contributed by atoms with E-state index in [4.69, 9.17) is 19.2 Å². The van der Waals surface area contributed by atoms with E-state index in [1.165, 1.54) is 12.1 Å². The van der Waals surface area contributed by atoms with Crippen molar-refractivity contribution in [2.75, 3.05) is 25.2 Å². The first-order chi connectivity index (χ1) is 16.6. The van der Waals surface area contributed by atoms with E-state index in [2.05, 4.69) is 0 Å². The molecule has 0 atom stereocenters. The van der Waals surface area contributed by atoms with Crippen LogP contribution in [0.5, 0.6) is 17.2 Å². The Morgan fingerprint density at radius 1 is 1.00 bits per heavy atom. The molecule has 0 spiro atoms. The monoisotopic (exact) mass is 463 g/mol. The number of methoxy groups -OCH3 is 1. The largest absolute Gasteiger partial charge is 0.497 e. The number of rotatable bonds is 11. The molecule has 0 unspecified atom stereocenters. The number of carbonyl (C=O) groups excluding carboxylic acids is 1. The average Bonchev–Trinajstić information content (AvgIpc) is 3.26. The van der Waals surface area contributed by atoms with Crippen molar-refractivity contribution in [1.82, 2.24) is 9.38 Å².